The first-order valence-electron chi connectivity index (χ1n) is 8.85. The molecular weight excluding hydrogens is 296 g/mol. The third-order valence-electron chi connectivity index (χ3n) is 5.60. The van der Waals surface area contributed by atoms with Gasteiger partial charge >= 0.3 is 0 Å². The van der Waals surface area contributed by atoms with E-state index in [4.69, 9.17) is 0 Å². The van der Waals surface area contributed by atoms with Crippen LogP contribution in [-0.2, 0) is 6.42 Å². The number of hydrogen-bond acceptors (Lipinski definition) is 3. The van der Waals surface area contributed by atoms with Crippen molar-refractivity contribution < 1.29 is 8.78 Å². The standard InChI is InChI=1S/C18H27F2N3/c1-13(2)10-18-7-3-9-23(18)15(6-8-18)5-4-14-11-21-12-22-16(14)17(19)20/h11-13,15,17H,3-10H2,1-2H3. The molecule has 23 heavy (non-hydrogen) atoms. The van der Waals surface area contributed by atoms with Gasteiger partial charge in [0.2, 0.25) is 0 Å². The highest BCUT2D eigenvalue weighted by molar-refractivity contribution is 5.18. The highest BCUT2D eigenvalue weighted by atomic mass is 19.3. The molecule has 3 nitrogen and oxygen atoms in total. The van der Waals surface area contributed by atoms with Gasteiger partial charge in [-0.25, -0.2) is 18.7 Å². The summed E-state index contributed by atoms with van der Waals surface area (Å²) in [5.74, 6) is 0.710. The van der Waals surface area contributed by atoms with E-state index in [2.05, 4.69) is 28.7 Å². The fourth-order valence-electron chi connectivity index (χ4n) is 4.85. The van der Waals surface area contributed by atoms with Crippen LogP contribution in [-0.4, -0.2) is 33.0 Å². The topological polar surface area (TPSA) is 29.0 Å². The van der Waals surface area contributed by atoms with Gasteiger partial charge in [0, 0.05) is 17.8 Å². The molecule has 0 N–H and O–H groups in total. The Morgan fingerprint density at radius 1 is 1.35 bits per heavy atom. The fourth-order valence-corrected chi connectivity index (χ4v) is 4.85. The number of aryl methyl sites for hydroxylation is 1. The molecule has 0 aromatic carbocycles. The molecule has 0 bridgehead atoms. The Balaban J connectivity index is 1.66. The van der Waals surface area contributed by atoms with Gasteiger partial charge in [-0.1, -0.05) is 13.8 Å². The molecule has 2 saturated heterocycles. The number of aromatic nitrogens is 2. The monoisotopic (exact) mass is 323 g/mol. The van der Waals surface area contributed by atoms with Gasteiger partial charge in [-0.3, -0.25) is 4.90 Å². The van der Waals surface area contributed by atoms with Crippen LogP contribution in [0.25, 0.3) is 0 Å². The molecular formula is C18H27F2N3. The zero-order chi connectivity index (χ0) is 16.4. The lowest BCUT2D eigenvalue weighted by molar-refractivity contribution is 0.121. The minimum absolute atomic E-state index is 0.0899. The average molecular weight is 323 g/mol. The number of halogens is 2. The Labute approximate surface area is 137 Å². The smallest absolute Gasteiger partial charge is 0.280 e. The van der Waals surface area contributed by atoms with E-state index in [1.165, 1.54) is 45.0 Å². The molecule has 0 radical (unpaired) electrons. The lowest BCUT2D eigenvalue weighted by Gasteiger charge is -2.36. The summed E-state index contributed by atoms with van der Waals surface area (Å²) < 4.78 is 26.1. The van der Waals surface area contributed by atoms with Gasteiger partial charge in [-0.05, 0) is 63.0 Å². The van der Waals surface area contributed by atoms with Crippen LogP contribution in [0.3, 0.4) is 0 Å². The number of rotatable bonds is 6. The molecule has 1 aromatic heterocycles. The lowest BCUT2D eigenvalue weighted by Crippen LogP contribution is -2.43. The van der Waals surface area contributed by atoms with Crippen LogP contribution in [0, 0.1) is 5.92 Å². The number of alkyl halides is 2. The van der Waals surface area contributed by atoms with E-state index in [1.807, 2.05) is 0 Å². The molecule has 2 fully saturated rings. The molecule has 2 aliphatic rings. The molecule has 128 valence electrons. The highest BCUT2D eigenvalue weighted by Gasteiger charge is 2.48. The zero-order valence-corrected chi connectivity index (χ0v) is 14.1. The van der Waals surface area contributed by atoms with E-state index in [1.54, 1.807) is 6.20 Å². The second-order valence-corrected chi connectivity index (χ2v) is 7.58. The van der Waals surface area contributed by atoms with Crippen molar-refractivity contribution in [2.75, 3.05) is 6.54 Å². The van der Waals surface area contributed by atoms with Gasteiger partial charge in [-0.15, -0.1) is 0 Å². The highest BCUT2D eigenvalue weighted by Crippen LogP contribution is 2.47. The molecule has 2 aliphatic heterocycles. The van der Waals surface area contributed by atoms with Crippen LogP contribution in [0.5, 0.6) is 0 Å². The number of fused-ring (bicyclic) bond motifs is 1. The van der Waals surface area contributed by atoms with Gasteiger partial charge < -0.3 is 0 Å². The summed E-state index contributed by atoms with van der Waals surface area (Å²) in [6.07, 6.45) is 8.17. The summed E-state index contributed by atoms with van der Waals surface area (Å²) in [5.41, 5.74) is 0.910. The normalized spacial score (nSPS) is 28.0. The maximum atomic E-state index is 13.0. The Kier molecular flexibility index (Phi) is 4.95. The van der Waals surface area contributed by atoms with Crippen LogP contribution in [0.4, 0.5) is 8.78 Å². The first-order chi connectivity index (χ1) is 11.0. The van der Waals surface area contributed by atoms with E-state index in [9.17, 15) is 8.78 Å². The van der Waals surface area contributed by atoms with Crippen molar-refractivity contribution >= 4 is 0 Å². The van der Waals surface area contributed by atoms with Crippen LogP contribution >= 0.6 is 0 Å². The van der Waals surface area contributed by atoms with Gasteiger partial charge in [0.1, 0.15) is 12.0 Å². The maximum absolute atomic E-state index is 13.0. The SMILES string of the molecule is CC(C)CC12CCCN1C(CCc1cncnc1C(F)F)CC2. The van der Waals surface area contributed by atoms with Crippen LogP contribution < -0.4 is 0 Å². The first-order valence-corrected chi connectivity index (χ1v) is 8.85. The Hall–Kier alpha value is -1.10. The van der Waals surface area contributed by atoms with Gasteiger partial charge in [0.05, 0.1) is 0 Å². The predicted octanol–water partition coefficient (Wildman–Crippen LogP) is 4.39. The Bertz CT molecular complexity index is 535. The molecule has 3 heterocycles. The average Bonchev–Trinajstić information content (AvgIpc) is 3.03. The summed E-state index contributed by atoms with van der Waals surface area (Å²) >= 11 is 0. The number of nitrogens with zero attached hydrogens (tertiary/aromatic N) is 3. The molecule has 3 rings (SSSR count). The van der Waals surface area contributed by atoms with E-state index in [0.717, 1.165) is 6.42 Å². The van der Waals surface area contributed by atoms with Gasteiger partial charge in [0.25, 0.3) is 6.43 Å². The van der Waals surface area contributed by atoms with Gasteiger partial charge in [-0.2, -0.15) is 0 Å². The molecule has 2 atom stereocenters. The van der Waals surface area contributed by atoms with Crippen LogP contribution in [0.1, 0.15) is 70.1 Å². The summed E-state index contributed by atoms with van der Waals surface area (Å²) in [4.78, 5) is 10.4. The van der Waals surface area contributed by atoms with Crippen molar-refractivity contribution in [2.45, 2.75) is 76.8 Å². The quantitative estimate of drug-likeness (QED) is 0.777. The van der Waals surface area contributed by atoms with Crippen molar-refractivity contribution in [3.05, 3.63) is 23.8 Å². The zero-order valence-electron chi connectivity index (χ0n) is 14.1. The third kappa shape index (κ3) is 3.39. The van der Waals surface area contributed by atoms with E-state index in [0.29, 0.717) is 29.5 Å². The fraction of sp³-hybridized carbons (Fsp3) is 0.778. The largest absolute Gasteiger partial charge is 0.295 e. The van der Waals surface area contributed by atoms with Crippen molar-refractivity contribution in [2.24, 2.45) is 5.92 Å². The van der Waals surface area contributed by atoms with Crippen molar-refractivity contribution in [3.8, 4) is 0 Å². The third-order valence-corrected chi connectivity index (χ3v) is 5.60. The summed E-state index contributed by atoms with van der Waals surface area (Å²) in [6, 6.07) is 0.530. The van der Waals surface area contributed by atoms with Crippen LogP contribution in [0.15, 0.2) is 12.5 Å². The number of hydrogen-bond donors (Lipinski definition) is 0. The van der Waals surface area contributed by atoms with E-state index < -0.39 is 6.43 Å². The maximum Gasteiger partial charge on any atom is 0.280 e. The van der Waals surface area contributed by atoms with Crippen molar-refractivity contribution in [1.29, 1.82) is 0 Å². The molecule has 2 unspecified atom stereocenters. The van der Waals surface area contributed by atoms with Gasteiger partial charge in [0.15, 0.2) is 0 Å². The minimum Gasteiger partial charge on any atom is -0.295 e. The Morgan fingerprint density at radius 3 is 2.91 bits per heavy atom. The molecule has 5 heteroatoms. The molecule has 0 amide bonds. The van der Waals surface area contributed by atoms with Crippen LogP contribution in [0.2, 0.25) is 0 Å². The minimum atomic E-state index is -2.51. The summed E-state index contributed by atoms with van der Waals surface area (Å²) in [7, 11) is 0. The lowest BCUT2D eigenvalue weighted by atomic mass is 9.85. The molecule has 0 aliphatic carbocycles. The predicted molar refractivity (Wildman–Crippen MR) is 86.5 cm³/mol. The first kappa shape index (κ1) is 16.7. The summed E-state index contributed by atoms with van der Waals surface area (Å²) in [5, 5.41) is 0. The second-order valence-electron chi connectivity index (χ2n) is 7.58. The summed E-state index contributed by atoms with van der Waals surface area (Å²) in [6.45, 7) is 5.77. The van der Waals surface area contributed by atoms with E-state index in [-0.39, 0.29) is 5.69 Å². The Morgan fingerprint density at radius 2 is 2.17 bits per heavy atom. The second kappa shape index (κ2) is 6.80. The van der Waals surface area contributed by atoms with E-state index >= 15 is 0 Å². The molecule has 1 aromatic rings. The van der Waals surface area contributed by atoms with Crippen molar-refractivity contribution in [3.63, 3.8) is 0 Å². The van der Waals surface area contributed by atoms with Crippen molar-refractivity contribution in [1.82, 2.24) is 14.9 Å². The molecule has 0 saturated carbocycles. The molecule has 0 spiro atoms.